The fourth-order valence-electron chi connectivity index (χ4n) is 2.81. The number of rotatable bonds is 4. The van der Waals surface area contributed by atoms with Gasteiger partial charge < -0.3 is 0 Å². The third-order valence-electron chi connectivity index (χ3n) is 3.99. The maximum absolute atomic E-state index is 11.7. The smallest absolute Gasteiger partial charge is 0.253 e. The molecule has 7 heteroatoms. The first-order chi connectivity index (χ1) is 10.2. The van der Waals surface area contributed by atoms with E-state index in [1.807, 2.05) is 13.2 Å². The molecule has 0 N–H and O–H groups in total. The summed E-state index contributed by atoms with van der Waals surface area (Å²) in [5.74, 6) is 0.546. The Labute approximate surface area is 123 Å². The highest BCUT2D eigenvalue weighted by molar-refractivity contribution is 4.92. The van der Waals surface area contributed by atoms with Gasteiger partial charge in [0.2, 0.25) is 0 Å². The zero-order chi connectivity index (χ0) is 14.7. The van der Waals surface area contributed by atoms with E-state index in [0.29, 0.717) is 5.92 Å². The van der Waals surface area contributed by atoms with Gasteiger partial charge in [0.05, 0.1) is 18.2 Å². The molecule has 0 unspecified atom stereocenters. The summed E-state index contributed by atoms with van der Waals surface area (Å²) in [4.78, 5) is 19.7. The molecule has 7 nitrogen and oxygen atoms in total. The second-order valence-electron chi connectivity index (χ2n) is 5.62. The first kappa shape index (κ1) is 13.9. The molecule has 0 radical (unpaired) electrons. The summed E-state index contributed by atoms with van der Waals surface area (Å²) < 4.78 is 1.71. The number of hydrogen-bond donors (Lipinski definition) is 0. The summed E-state index contributed by atoms with van der Waals surface area (Å²) in [6, 6.07) is 1.52. The van der Waals surface area contributed by atoms with E-state index >= 15 is 0 Å². The van der Waals surface area contributed by atoms with Gasteiger partial charge in [-0.15, -0.1) is 0 Å². The van der Waals surface area contributed by atoms with Crippen LogP contribution < -0.4 is 5.56 Å². The number of aryl methyl sites for hydroxylation is 1. The minimum atomic E-state index is 0.0342. The topological polar surface area (TPSA) is 68.8 Å². The normalized spacial score (nSPS) is 17.2. The van der Waals surface area contributed by atoms with Crippen LogP contribution in [-0.4, -0.2) is 42.5 Å². The van der Waals surface area contributed by atoms with Crippen LogP contribution in [0.5, 0.6) is 0 Å². The monoisotopic (exact) mass is 288 g/mol. The predicted octanol–water partition coefficient (Wildman–Crippen LogP) is 0.284. The molecule has 1 saturated heterocycles. The molecule has 2 aromatic heterocycles. The van der Waals surface area contributed by atoms with Crippen molar-refractivity contribution in [3.8, 4) is 0 Å². The molecule has 0 amide bonds. The average Bonchev–Trinajstić information content (AvgIpc) is 2.89. The molecule has 1 aliphatic heterocycles. The molecular formula is C14H20N6O. The van der Waals surface area contributed by atoms with Crippen LogP contribution in [0.1, 0.15) is 18.5 Å². The molecular weight excluding hydrogens is 268 g/mol. The fraction of sp³-hybridized carbons (Fsp3) is 0.571. The largest absolute Gasteiger partial charge is 0.299 e. The number of hydrogen-bond acceptors (Lipinski definition) is 5. The zero-order valence-corrected chi connectivity index (χ0v) is 12.2. The Bertz CT molecular complexity index is 641. The van der Waals surface area contributed by atoms with Crippen molar-refractivity contribution in [2.45, 2.75) is 25.9 Å². The van der Waals surface area contributed by atoms with Crippen molar-refractivity contribution in [2.24, 2.45) is 13.0 Å². The van der Waals surface area contributed by atoms with Crippen LogP contribution in [-0.2, 0) is 20.1 Å². The van der Waals surface area contributed by atoms with Crippen molar-refractivity contribution < 1.29 is 0 Å². The van der Waals surface area contributed by atoms with E-state index in [0.717, 1.165) is 44.7 Å². The summed E-state index contributed by atoms with van der Waals surface area (Å²) in [5.41, 5.74) is 1.05. The minimum Gasteiger partial charge on any atom is -0.299 e. The van der Waals surface area contributed by atoms with Gasteiger partial charge in [-0.25, -0.2) is 4.98 Å². The van der Waals surface area contributed by atoms with Gasteiger partial charge in [0.1, 0.15) is 0 Å². The summed E-state index contributed by atoms with van der Waals surface area (Å²) in [7, 11) is 1.83. The van der Waals surface area contributed by atoms with Crippen LogP contribution >= 0.6 is 0 Å². The lowest BCUT2D eigenvalue weighted by Gasteiger charge is -2.31. The first-order valence-corrected chi connectivity index (χ1v) is 7.29. The highest BCUT2D eigenvalue weighted by atomic mass is 16.1. The Balaban J connectivity index is 1.51. The van der Waals surface area contributed by atoms with Gasteiger partial charge in [-0.05, 0) is 31.8 Å². The predicted molar refractivity (Wildman–Crippen MR) is 77.5 cm³/mol. The highest BCUT2D eigenvalue weighted by Gasteiger charge is 2.20. The third kappa shape index (κ3) is 3.55. The van der Waals surface area contributed by atoms with E-state index in [1.54, 1.807) is 21.9 Å². The second kappa shape index (κ2) is 6.17. The van der Waals surface area contributed by atoms with E-state index in [-0.39, 0.29) is 5.56 Å². The second-order valence-corrected chi connectivity index (χ2v) is 5.62. The highest BCUT2D eigenvalue weighted by Crippen LogP contribution is 2.19. The van der Waals surface area contributed by atoms with Crippen LogP contribution in [0.4, 0.5) is 0 Å². The molecule has 0 spiro atoms. The van der Waals surface area contributed by atoms with Crippen molar-refractivity contribution >= 4 is 0 Å². The molecule has 112 valence electrons. The Kier molecular flexibility index (Phi) is 4.10. The Morgan fingerprint density at radius 3 is 2.81 bits per heavy atom. The molecule has 0 atom stereocenters. The van der Waals surface area contributed by atoms with E-state index in [9.17, 15) is 4.79 Å². The number of nitrogens with zero attached hydrogens (tertiary/aromatic N) is 6. The fourth-order valence-corrected chi connectivity index (χ4v) is 2.81. The lowest BCUT2D eigenvalue weighted by Crippen LogP contribution is -2.36. The number of aromatic nitrogens is 5. The molecule has 0 saturated carbocycles. The Morgan fingerprint density at radius 1 is 1.33 bits per heavy atom. The van der Waals surface area contributed by atoms with E-state index in [2.05, 4.69) is 20.1 Å². The summed E-state index contributed by atoms with van der Waals surface area (Å²) in [5, 5.41) is 8.41. The van der Waals surface area contributed by atoms with E-state index in [4.69, 9.17) is 0 Å². The van der Waals surface area contributed by atoms with E-state index in [1.165, 1.54) is 6.07 Å². The average molecular weight is 288 g/mol. The molecule has 1 aliphatic rings. The lowest BCUT2D eigenvalue weighted by atomic mass is 9.96. The van der Waals surface area contributed by atoms with Crippen LogP contribution in [0.2, 0.25) is 0 Å². The first-order valence-electron chi connectivity index (χ1n) is 7.29. The van der Waals surface area contributed by atoms with Crippen LogP contribution in [0.3, 0.4) is 0 Å². The molecule has 0 aromatic carbocycles. The number of piperidine rings is 1. The Morgan fingerprint density at radius 2 is 2.14 bits per heavy atom. The van der Waals surface area contributed by atoms with Crippen LogP contribution in [0.25, 0.3) is 0 Å². The lowest BCUT2D eigenvalue weighted by molar-refractivity contribution is 0.164. The van der Waals surface area contributed by atoms with Gasteiger partial charge in [-0.3, -0.25) is 14.3 Å². The van der Waals surface area contributed by atoms with Crippen molar-refractivity contribution in [3.05, 3.63) is 40.8 Å². The minimum absolute atomic E-state index is 0.0342. The van der Waals surface area contributed by atoms with Gasteiger partial charge in [0.25, 0.3) is 5.56 Å². The maximum Gasteiger partial charge on any atom is 0.253 e. The molecule has 3 heterocycles. The zero-order valence-electron chi connectivity index (χ0n) is 12.2. The quantitative estimate of drug-likeness (QED) is 0.808. The molecule has 1 fully saturated rings. The van der Waals surface area contributed by atoms with Gasteiger partial charge >= 0.3 is 0 Å². The Hall–Kier alpha value is -2.02. The van der Waals surface area contributed by atoms with Crippen molar-refractivity contribution in [3.63, 3.8) is 0 Å². The van der Waals surface area contributed by atoms with Gasteiger partial charge in [0, 0.05) is 32.4 Å². The number of likely N-dealkylation sites (tertiary alicyclic amines) is 1. The molecule has 2 aromatic rings. The van der Waals surface area contributed by atoms with Gasteiger partial charge in [-0.1, -0.05) is 0 Å². The summed E-state index contributed by atoms with van der Waals surface area (Å²) >= 11 is 0. The molecule has 21 heavy (non-hydrogen) atoms. The SMILES string of the molecule is Cn1ncc(CN2CCC(Cn3cnccc3=O)CC2)n1. The van der Waals surface area contributed by atoms with Crippen molar-refractivity contribution in [1.82, 2.24) is 29.4 Å². The summed E-state index contributed by atoms with van der Waals surface area (Å²) in [6.07, 6.45) is 7.20. The third-order valence-corrected chi connectivity index (χ3v) is 3.99. The summed E-state index contributed by atoms with van der Waals surface area (Å²) in [6.45, 7) is 3.70. The molecule has 3 rings (SSSR count). The maximum atomic E-state index is 11.7. The van der Waals surface area contributed by atoms with Crippen molar-refractivity contribution in [2.75, 3.05) is 13.1 Å². The van der Waals surface area contributed by atoms with Gasteiger partial charge in [0.15, 0.2) is 0 Å². The van der Waals surface area contributed by atoms with E-state index < -0.39 is 0 Å². The van der Waals surface area contributed by atoms with Crippen molar-refractivity contribution in [1.29, 1.82) is 0 Å². The van der Waals surface area contributed by atoms with Gasteiger partial charge in [-0.2, -0.15) is 15.0 Å². The van der Waals surface area contributed by atoms with Crippen LogP contribution in [0.15, 0.2) is 29.6 Å². The molecule has 0 aliphatic carbocycles. The van der Waals surface area contributed by atoms with Crippen LogP contribution in [0, 0.1) is 5.92 Å². The molecule has 0 bridgehead atoms. The standard InChI is InChI=1S/C14H20N6O/c1-18-16-8-13(17-18)10-19-6-3-12(4-7-19)9-20-11-15-5-2-14(20)21/h2,5,8,11-12H,3-4,6-7,9-10H2,1H3.